The summed E-state index contributed by atoms with van der Waals surface area (Å²) in [5.41, 5.74) is 0.436. The highest BCUT2D eigenvalue weighted by atomic mass is 35.5. The van der Waals surface area contributed by atoms with Gasteiger partial charge in [-0.2, -0.15) is 13.2 Å². The van der Waals surface area contributed by atoms with E-state index in [-0.39, 0.29) is 12.5 Å². The number of nitrogens with zero attached hydrogens (tertiary/aromatic N) is 1. The van der Waals surface area contributed by atoms with Gasteiger partial charge in [0, 0.05) is 23.7 Å². The fraction of sp³-hybridized carbons (Fsp3) is 0.467. The van der Waals surface area contributed by atoms with Gasteiger partial charge in [-0.25, -0.2) is 0 Å². The Labute approximate surface area is 136 Å². The van der Waals surface area contributed by atoms with Gasteiger partial charge in [0.25, 0.3) is 5.91 Å². The minimum Gasteiger partial charge on any atom is -0.347 e. The Morgan fingerprint density at radius 3 is 2.52 bits per heavy atom. The molecule has 1 N–H and O–H groups in total. The first-order chi connectivity index (χ1) is 10.8. The summed E-state index contributed by atoms with van der Waals surface area (Å²) in [7, 11) is 0. The number of likely N-dealkylation sites (tertiary alicyclic amines) is 1. The summed E-state index contributed by atoms with van der Waals surface area (Å²) < 4.78 is 36.5. The number of benzene rings is 1. The average Bonchev–Trinajstić information content (AvgIpc) is 2.52. The highest BCUT2D eigenvalue weighted by Gasteiger charge is 2.32. The Kier molecular flexibility index (Phi) is 5.51. The van der Waals surface area contributed by atoms with E-state index < -0.39 is 24.5 Å². The van der Waals surface area contributed by atoms with Gasteiger partial charge in [0.1, 0.15) is 6.54 Å². The van der Waals surface area contributed by atoms with E-state index in [1.54, 1.807) is 24.3 Å². The number of alkyl halides is 3. The van der Waals surface area contributed by atoms with Crippen molar-refractivity contribution < 1.29 is 22.8 Å². The van der Waals surface area contributed by atoms with Crippen molar-refractivity contribution in [3.63, 3.8) is 0 Å². The first-order valence-electron chi connectivity index (χ1n) is 7.15. The van der Waals surface area contributed by atoms with Gasteiger partial charge in [-0.3, -0.25) is 9.59 Å². The van der Waals surface area contributed by atoms with E-state index in [0.29, 0.717) is 30.0 Å². The van der Waals surface area contributed by atoms with E-state index in [0.717, 1.165) is 0 Å². The Hall–Kier alpha value is -1.76. The van der Waals surface area contributed by atoms with Crippen LogP contribution in [0.1, 0.15) is 23.2 Å². The van der Waals surface area contributed by atoms with Crippen molar-refractivity contribution in [1.82, 2.24) is 10.2 Å². The largest absolute Gasteiger partial charge is 0.405 e. The molecule has 1 fully saturated rings. The molecule has 2 rings (SSSR count). The van der Waals surface area contributed by atoms with Gasteiger partial charge in [0.15, 0.2) is 0 Å². The van der Waals surface area contributed by atoms with Crippen LogP contribution in [0, 0.1) is 5.92 Å². The van der Waals surface area contributed by atoms with Crippen LogP contribution in [0.15, 0.2) is 24.3 Å². The molecule has 1 atom stereocenters. The third-order valence-corrected chi connectivity index (χ3v) is 3.89. The summed E-state index contributed by atoms with van der Waals surface area (Å²) in [4.78, 5) is 25.7. The number of piperidine rings is 1. The van der Waals surface area contributed by atoms with Gasteiger partial charge >= 0.3 is 6.18 Å². The number of hydrogen-bond acceptors (Lipinski definition) is 2. The maximum atomic E-state index is 12.4. The molecule has 0 aromatic heterocycles. The fourth-order valence-electron chi connectivity index (χ4n) is 2.48. The normalized spacial score (nSPS) is 18.6. The molecule has 23 heavy (non-hydrogen) atoms. The summed E-state index contributed by atoms with van der Waals surface area (Å²) >= 11 is 5.77. The molecule has 8 heteroatoms. The van der Waals surface area contributed by atoms with Crippen LogP contribution < -0.4 is 5.32 Å². The van der Waals surface area contributed by atoms with Crippen LogP contribution in [0.5, 0.6) is 0 Å². The van der Waals surface area contributed by atoms with Gasteiger partial charge in [0.05, 0.1) is 5.92 Å². The van der Waals surface area contributed by atoms with Crippen molar-refractivity contribution in [2.45, 2.75) is 19.0 Å². The van der Waals surface area contributed by atoms with Crippen LogP contribution in [0.2, 0.25) is 5.02 Å². The Bertz CT molecular complexity index is 575. The quantitative estimate of drug-likeness (QED) is 0.913. The zero-order chi connectivity index (χ0) is 17.0. The fourth-order valence-corrected chi connectivity index (χ4v) is 2.61. The van der Waals surface area contributed by atoms with Crippen molar-refractivity contribution in [2.75, 3.05) is 19.6 Å². The van der Waals surface area contributed by atoms with Crippen molar-refractivity contribution in [1.29, 1.82) is 0 Å². The number of carbonyl (C=O) groups excluding carboxylic acids is 2. The highest BCUT2D eigenvalue weighted by Crippen LogP contribution is 2.20. The summed E-state index contributed by atoms with van der Waals surface area (Å²) in [5, 5.41) is 2.38. The summed E-state index contributed by atoms with van der Waals surface area (Å²) in [5.74, 6) is -1.55. The second-order valence-corrected chi connectivity index (χ2v) is 5.87. The Balaban J connectivity index is 1.96. The lowest BCUT2D eigenvalue weighted by atomic mass is 9.96. The molecule has 0 saturated carbocycles. The van der Waals surface area contributed by atoms with E-state index in [9.17, 15) is 22.8 Å². The number of hydrogen-bond donors (Lipinski definition) is 1. The first-order valence-corrected chi connectivity index (χ1v) is 7.53. The van der Waals surface area contributed by atoms with Gasteiger partial charge in [-0.05, 0) is 37.1 Å². The van der Waals surface area contributed by atoms with E-state index in [1.807, 2.05) is 5.32 Å². The second-order valence-electron chi connectivity index (χ2n) is 5.43. The Morgan fingerprint density at radius 2 is 1.91 bits per heavy atom. The molecule has 1 aromatic carbocycles. The maximum absolute atomic E-state index is 12.4. The predicted molar refractivity (Wildman–Crippen MR) is 79.1 cm³/mol. The second kappa shape index (κ2) is 7.21. The van der Waals surface area contributed by atoms with Crippen molar-refractivity contribution in [2.24, 2.45) is 5.92 Å². The number of carbonyl (C=O) groups is 2. The Morgan fingerprint density at radius 1 is 1.26 bits per heavy atom. The van der Waals surface area contributed by atoms with Crippen LogP contribution in [0.4, 0.5) is 13.2 Å². The van der Waals surface area contributed by atoms with Crippen molar-refractivity contribution in [3.05, 3.63) is 34.9 Å². The predicted octanol–water partition coefficient (Wildman–Crippen LogP) is 2.87. The third kappa shape index (κ3) is 5.13. The molecule has 1 unspecified atom stereocenters. The topological polar surface area (TPSA) is 49.4 Å². The molecule has 0 bridgehead atoms. The molecule has 0 radical (unpaired) electrons. The molecule has 1 aliphatic heterocycles. The van der Waals surface area contributed by atoms with E-state index in [2.05, 4.69) is 0 Å². The third-order valence-electron chi connectivity index (χ3n) is 3.63. The molecule has 1 aromatic rings. The van der Waals surface area contributed by atoms with Gasteiger partial charge in [0.2, 0.25) is 5.91 Å². The van der Waals surface area contributed by atoms with Crippen LogP contribution in [-0.4, -0.2) is 42.5 Å². The van der Waals surface area contributed by atoms with Crippen LogP contribution in [0.25, 0.3) is 0 Å². The number of nitrogens with one attached hydrogen (secondary N) is 1. The van der Waals surface area contributed by atoms with E-state index >= 15 is 0 Å². The molecule has 1 saturated heterocycles. The van der Waals surface area contributed by atoms with Gasteiger partial charge in [-0.15, -0.1) is 0 Å². The molecular weight excluding hydrogens is 333 g/mol. The number of rotatable bonds is 3. The van der Waals surface area contributed by atoms with E-state index in [4.69, 9.17) is 11.6 Å². The monoisotopic (exact) mass is 348 g/mol. The lowest BCUT2D eigenvalue weighted by Gasteiger charge is -2.32. The maximum Gasteiger partial charge on any atom is 0.405 e. The highest BCUT2D eigenvalue weighted by molar-refractivity contribution is 6.30. The lowest BCUT2D eigenvalue weighted by Crippen LogP contribution is -2.47. The zero-order valence-electron chi connectivity index (χ0n) is 12.2. The zero-order valence-corrected chi connectivity index (χ0v) is 13.0. The minimum absolute atomic E-state index is 0.116. The standard InChI is InChI=1S/C15H16ClF3N2O2/c16-12-5-3-10(4-6-12)14(23)21-7-1-2-11(8-21)13(22)20-9-15(17,18)19/h3-6,11H,1-2,7-9H2,(H,20,22). The van der Waals surface area contributed by atoms with Crippen LogP contribution in [0.3, 0.4) is 0 Å². The molecule has 4 nitrogen and oxygen atoms in total. The summed E-state index contributed by atoms with van der Waals surface area (Å²) in [6.45, 7) is -0.761. The summed E-state index contributed by atoms with van der Waals surface area (Å²) in [6.07, 6.45) is -3.40. The molecule has 1 aliphatic rings. The first kappa shape index (κ1) is 17.6. The summed E-state index contributed by atoms with van der Waals surface area (Å²) in [6, 6.07) is 6.34. The average molecular weight is 349 g/mol. The molecule has 0 aliphatic carbocycles. The minimum atomic E-state index is -4.44. The number of amides is 2. The molecule has 126 valence electrons. The number of halogens is 4. The van der Waals surface area contributed by atoms with Crippen molar-refractivity contribution in [3.8, 4) is 0 Å². The molecule has 0 spiro atoms. The van der Waals surface area contributed by atoms with Crippen LogP contribution >= 0.6 is 11.6 Å². The SMILES string of the molecule is O=C(NCC(F)(F)F)C1CCCN(C(=O)c2ccc(Cl)cc2)C1. The van der Waals surface area contributed by atoms with Crippen molar-refractivity contribution >= 4 is 23.4 Å². The lowest BCUT2D eigenvalue weighted by molar-refractivity contribution is -0.141. The molecule has 1 heterocycles. The molecule has 2 amide bonds. The smallest absolute Gasteiger partial charge is 0.347 e. The van der Waals surface area contributed by atoms with Gasteiger partial charge in [-0.1, -0.05) is 11.6 Å². The molecular formula is C15H16ClF3N2O2. The van der Waals surface area contributed by atoms with E-state index in [1.165, 1.54) is 4.90 Å². The van der Waals surface area contributed by atoms with Crippen LogP contribution in [-0.2, 0) is 4.79 Å². The van der Waals surface area contributed by atoms with Gasteiger partial charge < -0.3 is 10.2 Å².